The molecule has 1 atom stereocenters. The molecule has 1 N–H and O–H groups in total. The van der Waals surface area contributed by atoms with E-state index in [0.717, 1.165) is 26.2 Å². The van der Waals surface area contributed by atoms with E-state index >= 15 is 0 Å². The first-order valence-corrected chi connectivity index (χ1v) is 8.54. The highest BCUT2D eigenvalue weighted by atomic mass is 127. The number of nitrogens with zero attached hydrogens (tertiary/aromatic N) is 1. The van der Waals surface area contributed by atoms with Crippen LogP contribution in [-0.2, 0) is 0 Å². The normalized spacial score (nSPS) is 18.4. The zero-order valence-electron chi connectivity index (χ0n) is 10.7. The smallest absolute Gasteiger partial charge is 0.0696 e. The monoisotopic (exact) mass is 384 g/mol. The van der Waals surface area contributed by atoms with Crippen molar-refractivity contribution >= 4 is 33.9 Å². The van der Waals surface area contributed by atoms with Crippen LogP contribution in [0.25, 0.3) is 0 Å². The molecule has 1 aliphatic rings. The van der Waals surface area contributed by atoms with Crippen molar-refractivity contribution in [2.24, 2.45) is 0 Å². The SMILES string of the molecule is Ic1ccc([C@H](c2cccs2)N2CCNCC2)cc1. The van der Waals surface area contributed by atoms with Crippen molar-refractivity contribution in [3.8, 4) is 0 Å². The maximum atomic E-state index is 3.44. The summed E-state index contributed by atoms with van der Waals surface area (Å²) in [5.74, 6) is 0. The zero-order chi connectivity index (χ0) is 13.1. The van der Waals surface area contributed by atoms with Crippen molar-refractivity contribution in [1.29, 1.82) is 0 Å². The number of hydrogen-bond donors (Lipinski definition) is 1. The molecule has 0 aliphatic carbocycles. The Balaban J connectivity index is 1.93. The van der Waals surface area contributed by atoms with Gasteiger partial charge in [0.15, 0.2) is 0 Å². The molecular weight excluding hydrogens is 367 g/mol. The van der Waals surface area contributed by atoms with E-state index in [1.807, 2.05) is 11.3 Å². The molecule has 1 saturated heterocycles. The Morgan fingerprint density at radius 2 is 1.84 bits per heavy atom. The van der Waals surface area contributed by atoms with Crippen LogP contribution < -0.4 is 5.32 Å². The molecule has 1 aromatic carbocycles. The van der Waals surface area contributed by atoms with Crippen LogP contribution in [0.2, 0.25) is 0 Å². The minimum Gasteiger partial charge on any atom is -0.314 e. The van der Waals surface area contributed by atoms with Gasteiger partial charge in [-0.25, -0.2) is 0 Å². The van der Waals surface area contributed by atoms with E-state index in [1.54, 1.807) is 0 Å². The number of thiophene rings is 1. The molecule has 1 aromatic heterocycles. The molecule has 0 saturated carbocycles. The van der Waals surface area contributed by atoms with Crippen LogP contribution in [0.1, 0.15) is 16.5 Å². The first-order chi connectivity index (χ1) is 9.34. The molecule has 2 heterocycles. The summed E-state index contributed by atoms with van der Waals surface area (Å²) in [6.45, 7) is 4.42. The van der Waals surface area contributed by atoms with Crippen molar-refractivity contribution < 1.29 is 0 Å². The lowest BCUT2D eigenvalue weighted by Gasteiger charge is -2.34. The minimum atomic E-state index is 0.416. The van der Waals surface area contributed by atoms with Crippen molar-refractivity contribution in [3.05, 3.63) is 55.8 Å². The minimum absolute atomic E-state index is 0.416. The Morgan fingerprint density at radius 3 is 2.47 bits per heavy atom. The van der Waals surface area contributed by atoms with Crippen LogP contribution in [0.15, 0.2) is 41.8 Å². The molecular formula is C15H17IN2S. The number of nitrogens with one attached hydrogen (secondary N) is 1. The molecule has 2 nitrogen and oxygen atoms in total. The summed E-state index contributed by atoms with van der Waals surface area (Å²) in [7, 11) is 0. The third-order valence-electron chi connectivity index (χ3n) is 3.52. The number of hydrogen-bond acceptors (Lipinski definition) is 3. The topological polar surface area (TPSA) is 15.3 Å². The van der Waals surface area contributed by atoms with Crippen LogP contribution in [-0.4, -0.2) is 31.1 Å². The average molecular weight is 384 g/mol. The van der Waals surface area contributed by atoms with E-state index in [2.05, 4.69) is 74.6 Å². The Hall–Kier alpha value is -0.430. The summed E-state index contributed by atoms with van der Waals surface area (Å²) in [6.07, 6.45) is 0. The van der Waals surface area contributed by atoms with E-state index in [4.69, 9.17) is 0 Å². The maximum absolute atomic E-state index is 3.44. The highest BCUT2D eigenvalue weighted by molar-refractivity contribution is 14.1. The van der Waals surface area contributed by atoms with Crippen LogP contribution in [0, 0.1) is 3.57 Å². The summed E-state index contributed by atoms with van der Waals surface area (Å²) in [5.41, 5.74) is 1.41. The van der Waals surface area contributed by atoms with E-state index in [9.17, 15) is 0 Å². The van der Waals surface area contributed by atoms with Gasteiger partial charge in [0.1, 0.15) is 0 Å². The molecule has 2 aromatic rings. The second-order valence-corrected chi connectivity index (χ2v) is 6.98. The Kier molecular flexibility index (Phi) is 4.53. The second-order valence-electron chi connectivity index (χ2n) is 4.76. The van der Waals surface area contributed by atoms with Crippen LogP contribution in [0.3, 0.4) is 0 Å². The maximum Gasteiger partial charge on any atom is 0.0696 e. The van der Waals surface area contributed by atoms with Gasteiger partial charge in [0.2, 0.25) is 0 Å². The van der Waals surface area contributed by atoms with Gasteiger partial charge in [-0.1, -0.05) is 18.2 Å². The predicted molar refractivity (Wildman–Crippen MR) is 89.8 cm³/mol. The Labute approximate surface area is 132 Å². The van der Waals surface area contributed by atoms with Gasteiger partial charge in [-0.3, -0.25) is 4.90 Å². The molecule has 19 heavy (non-hydrogen) atoms. The van der Waals surface area contributed by atoms with Crippen LogP contribution in [0.5, 0.6) is 0 Å². The van der Waals surface area contributed by atoms with E-state index in [-0.39, 0.29) is 0 Å². The third-order valence-corrected chi connectivity index (χ3v) is 5.16. The Morgan fingerprint density at radius 1 is 1.11 bits per heavy atom. The van der Waals surface area contributed by atoms with Gasteiger partial charge in [-0.05, 0) is 51.7 Å². The highest BCUT2D eigenvalue weighted by Crippen LogP contribution is 2.32. The largest absolute Gasteiger partial charge is 0.314 e. The van der Waals surface area contributed by atoms with E-state index in [1.165, 1.54) is 14.0 Å². The summed E-state index contributed by atoms with van der Waals surface area (Å²) in [4.78, 5) is 4.04. The van der Waals surface area contributed by atoms with Gasteiger partial charge in [-0.15, -0.1) is 11.3 Å². The lowest BCUT2D eigenvalue weighted by Crippen LogP contribution is -2.45. The quantitative estimate of drug-likeness (QED) is 0.817. The molecule has 0 amide bonds. The molecule has 0 unspecified atom stereocenters. The summed E-state index contributed by atoms with van der Waals surface area (Å²) in [5, 5.41) is 5.61. The molecule has 0 radical (unpaired) electrons. The van der Waals surface area contributed by atoms with Gasteiger partial charge in [0, 0.05) is 34.6 Å². The van der Waals surface area contributed by atoms with Gasteiger partial charge in [0.25, 0.3) is 0 Å². The lowest BCUT2D eigenvalue weighted by atomic mass is 10.0. The van der Waals surface area contributed by atoms with Crippen molar-refractivity contribution in [2.45, 2.75) is 6.04 Å². The molecule has 1 aliphatic heterocycles. The fourth-order valence-electron chi connectivity index (χ4n) is 2.59. The van der Waals surface area contributed by atoms with Gasteiger partial charge in [0.05, 0.1) is 6.04 Å². The molecule has 100 valence electrons. The summed E-state index contributed by atoms with van der Waals surface area (Å²) in [6, 6.07) is 13.8. The molecule has 3 rings (SSSR count). The standard InChI is InChI=1S/C15H17IN2S/c16-13-5-3-12(4-6-13)15(14-2-1-11-19-14)18-9-7-17-8-10-18/h1-6,11,15,17H,7-10H2/t15-/m1/s1. The zero-order valence-corrected chi connectivity index (χ0v) is 13.7. The van der Waals surface area contributed by atoms with Gasteiger partial charge >= 0.3 is 0 Å². The second kappa shape index (κ2) is 6.35. The number of halogens is 1. The fourth-order valence-corrected chi connectivity index (χ4v) is 3.83. The molecule has 0 bridgehead atoms. The van der Waals surface area contributed by atoms with Crippen molar-refractivity contribution in [3.63, 3.8) is 0 Å². The average Bonchev–Trinajstić information content (AvgIpc) is 2.96. The lowest BCUT2D eigenvalue weighted by molar-refractivity contribution is 0.200. The summed E-state index contributed by atoms with van der Waals surface area (Å²) >= 11 is 4.23. The number of benzene rings is 1. The first-order valence-electron chi connectivity index (χ1n) is 6.58. The predicted octanol–water partition coefficient (Wildman–Crippen LogP) is 3.35. The molecule has 1 fully saturated rings. The molecule has 4 heteroatoms. The number of piperazine rings is 1. The number of rotatable bonds is 3. The van der Waals surface area contributed by atoms with Gasteiger partial charge in [-0.2, -0.15) is 0 Å². The molecule has 0 spiro atoms. The van der Waals surface area contributed by atoms with Crippen molar-refractivity contribution in [2.75, 3.05) is 26.2 Å². The van der Waals surface area contributed by atoms with Crippen LogP contribution >= 0.6 is 33.9 Å². The first kappa shape index (κ1) is 13.5. The van der Waals surface area contributed by atoms with E-state index < -0.39 is 0 Å². The fraction of sp³-hybridized carbons (Fsp3) is 0.333. The Bertz CT molecular complexity index is 503. The van der Waals surface area contributed by atoms with Gasteiger partial charge < -0.3 is 5.32 Å². The van der Waals surface area contributed by atoms with E-state index in [0.29, 0.717) is 6.04 Å². The van der Waals surface area contributed by atoms with Crippen LogP contribution in [0.4, 0.5) is 0 Å². The summed E-state index contributed by atoms with van der Waals surface area (Å²) < 4.78 is 1.30. The highest BCUT2D eigenvalue weighted by Gasteiger charge is 2.24. The third kappa shape index (κ3) is 3.18. The van der Waals surface area contributed by atoms with Crippen molar-refractivity contribution in [1.82, 2.24) is 10.2 Å².